The van der Waals surface area contributed by atoms with Gasteiger partial charge in [0.15, 0.2) is 0 Å². The van der Waals surface area contributed by atoms with Crippen molar-refractivity contribution >= 4 is 34.3 Å². The minimum atomic E-state index is -0.532. The molecular weight excluding hydrogens is 392 g/mol. The molecule has 7 nitrogen and oxygen atoms in total. The van der Waals surface area contributed by atoms with Crippen molar-refractivity contribution < 1.29 is 14.3 Å². The quantitative estimate of drug-likeness (QED) is 0.650. The van der Waals surface area contributed by atoms with Gasteiger partial charge >= 0.3 is 6.09 Å². The highest BCUT2D eigenvalue weighted by atomic mass is 16.6. The largest absolute Gasteiger partial charge is 0.444 e. The van der Waals surface area contributed by atoms with Gasteiger partial charge in [0, 0.05) is 42.0 Å². The summed E-state index contributed by atoms with van der Waals surface area (Å²) in [7, 11) is 1.61. The predicted octanol–water partition coefficient (Wildman–Crippen LogP) is 4.59. The van der Waals surface area contributed by atoms with Gasteiger partial charge in [-0.15, -0.1) is 0 Å². The number of rotatable bonds is 3. The molecule has 160 valence electrons. The van der Waals surface area contributed by atoms with Gasteiger partial charge in [0.2, 0.25) is 0 Å². The first-order valence-corrected chi connectivity index (χ1v) is 10.2. The summed E-state index contributed by atoms with van der Waals surface area (Å²) >= 11 is 0. The third kappa shape index (κ3) is 4.45. The van der Waals surface area contributed by atoms with E-state index in [0.29, 0.717) is 24.5 Å². The van der Waals surface area contributed by atoms with Gasteiger partial charge in [-0.25, -0.2) is 9.78 Å². The van der Waals surface area contributed by atoms with Crippen molar-refractivity contribution in [3.05, 3.63) is 65.4 Å². The standard InChI is InChI=1S/C24H26N4O3/c1-24(2,3)31-23(30)28-13-17-6-5-7-20(19(17)14-28)27-21-11-18-10-15(22(29)25-4)8-9-16(18)12-26-21/h5-12H,13-14H2,1-4H3,(H,25,29)(H,26,27). The second-order valence-electron chi connectivity index (χ2n) is 8.62. The molecule has 0 spiro atoms. The zero-order valence-electron chi connectivity index (χ0n) is 18.2. The van der Waals surface area contributed by atoms with E-state index in [1.165, 1.54) is 0 Å². The molecule has 1 aliphatic heterocycles. The van der Waals surface area contributed by atoms with Crippen molar-refractivity contribution in [1.82, 2.24) is 15.2 Å². The summed E-state index contributed by atoms with van der Waals surface area (Å²) in [5, 5.41) is 7.89. The number of anilines is 2. The van der Waals surface area contributed by atoms with Gasteiger partial charge in [0.1, 0.15) is 11.4 Å². The first kappa shape index (κ1) is 20.7. The number of carbonyl (C=O) groups is 2. The van der Waals surface area contributed by atoms with E-state index in [-0.39, 0.29) is 12.0 Å². The van der Waals surface area contributed by atoms with Crippen LogP contribution < -0.4 is 10.6 Å². The van der Waals surface area contributed by atoms with E-state index in [2.05, 4.69) is 15.6 Å². The summed E-state index contributed by atoms with van der Waals surface area (Å²) in [5.41, 5.74) is 3.10. The minimum Gasteiger partial charge on any atom is -0.444 e. The molecule has 0 unspecified atom stereocenters. The zero-order chi connectivity index (χ0) is 22.2. The maximum Gasteiger partial charge on any atom is 0.410 e. The lowest BCUT2D eigenvalue weighted by molar-refractivity contribution is 0.0242. The fraction of sp³-hybridized carbons (Fsp3) is 0.292. The average molecular weight is 418 g/mol. The van der Waals surface area contributed by atoms with Crippen molar-refractivity contribution in [2.24, 2.45) is 0 Å². The summed E-state index contributed by atoms with van der Waals surface area (Å²) in [6, 6.07) is 13.4. The van der Waals surface area contributed by atoms with Crippen LogP contribution in [-0.4, -0.2) is 34.5 Å². The third-order valence-corrected chi connectivity index (χ3v) is 5.11. The predicted molar refractivity (Wildman–Crippen MR) is 120 cm³/mol. The van der Waals surface area contributed by atoms with Crippen LogP contribution in [0.2, 0.25) is 0 Å². The Morgan fingerprint density at radius 1 is 1.06 bits per heavy atom. The molecular formula is C24H26N4O3. The Hall–Kier alpha value is -3.61. The van der Waals surface area contributed by atoms with Gasteiger partial charge in [-0.2, -0.15) is 0 Å². The minimum absolute atomic E-state index is 0.128. The first-order chi connectivity index (χ1) is 14.7. The van der Waals surface area contributed by atoms with Gasteiger partial charge in [0.25, 0.3) is 5.91 Å². The number of fused-ring (bicyclic) bond motifs is 2. The maximum atomic E-state index is 12.5. The number of hydrogen-bond acceptors (Lipinski definition) is 5. The van der Waals surface area contributed by atoms with E-state index in [1.807, 2.05) is 57.2 Å². The van der Waals surface area contributed by atoms with Crippen LogP contribution in [0.4, 0.5) is 16.3 Å². The molecule has 31 heavy (non-hydrogen) atoms. The molecule has 0 saturated heterocycles. The number of aromatic nitrogens is 1. The molecule has 2 amide bonds. The molecule has 4 rings (SSSR count). The number of pyridine rings is 1. The highest BCUT2D eigenvalue weighted by Gasteiger charge is 2.29. The molecule has 0 bridgehead atoms. The topological polar surface area (TPSA) is 83.6 Å². The fourth-order valence-corrected chi connectivity index (χ4v) is 3.63. The summed E-state index contributed by atoms with van der Waals surface area (Å²) in [4.78, 5) is 30.7. The van der Waals surface area contributed by atoms with Gasteiger partial charge < -0.3 is 15.4 Å². The second-order valence-corrected chi connectivity index (χ2v) is 8.62. The van der Waals surface area contributed by atoms with Crippen LogP contribution in [0.5, 0.6) is 0 Å². The van der Waals surface area contributed by atoms with Crippen molar-refractivity contribution in [1.29, 1.82) is 0 Å². The summed E-state index contributed by atoms with van der Waals surface area (Å²) < 4.78 is 5.52. The number of nitrogens with one attached hydrogen (secondary N) is 2. The van der Waals surface area contributed by atoms with E-state index < -0.39 is 5.60 Å². The van der Waals surface area contributed by atoms with Crippen LogP contribution in [0, 0.1) is 0 Å². The van der Waals surface area contributed by atoms with E-state index in [4.69, 9.17) is 4.74 Å². The first-order valence-electron chi connectivity index (χ1n) is 10.2. The molecule has 0 saturated carbocycles. The molecule has 1 aliphatic rings. The van der Waals surface area contributed by atoms with E-state index in [9.17, 15) is 9.59 Å². The Labute approximate surface area is 181 Å². The summed E-state index contributed by atoms with van der Waals surface area (Å²) in [6.45, 7) is 6.58. The number of carbonyl (C=O) groups excluding carboxylic acids is 2. The fourth-order valence-electron chi connectivity index (χ4n) is 3.63. The van der Waals surface area contributed by atoms with Crippen LogP contribution in [0.25, 0.3) is 10.8 Å². The van der Waals surface area contributed by atoms with Gasteiger partial charge in [-0.05, 0) is 56.0 Å². The molecule has 2 aromatic carbocycles. The highest BCUT2D eigenvalue weighted by molar-refractivity contribution is 5.98. The second kappa shape index (κ2) is 7.91. The van der Waals surface area contributed by atoms with E-state index >= 15 is 0 Å². The molecule has 0 radical (unpaired) electrons. The lowest BCUT2D eigenvalue weighted by atomic mass is 10.1. The monoisotopic (exact) mass is 418 g/mol. The number of ether oxygens (including phenoxy) is 1. The highest BCUT2D eigenvalue weighted by Crippen LogP contribution is 2.32. The van der Waals surface area contributed by atoms with Crippen LogP contribution in [-0.2, 0) is 17.8 Å². The maximum absolute atomic E-state index is 12.5. The molecule has 7 heteroatoms. The van der Waals surface area contributed by atoms with E-state index in [1.54, 1.807) is 24.2 Å². The molecule has 2 heterocycles. The third-order valence-electron chi connectivity index (χ3n) is 5.11. The van der Waals surface area contributed by atoms with Crippen molar-refractivity contribution in [3.63, 3.8) is 0 Å². The summed E-state index contributed by atoms with van der Waals surface area (Å²) in [5.74, 6) is 0.544. The van der Waals surface area contributed by atoms with Gasteiger partial charge in [-0.3, -0.25) is 9.69 Å². The van der Waals surface area contributed by atoms with Crippen molar-refractivity contribution in [2.75, 3.05) is 12.4 Å². The summed E-state index contributed by atoms with van der Waals surface area (Å²) in [6.07, 6.45) is 1.46. The molecule has 0 aliphatic carbocycles. The van der Waals surface area contributed by atoms with Crippen LogP contribution >= 0.6 is 0 Å². The van der Waals surface area contributed by atoms with Gasteiger partial charge in [-0.1, -0.05) is 18.2 Å². The van der Waals surface area contributed by atoms with Crippen LogP contribution in [0.1, 0.15) is 42.3 Å². The van der Waals surface area contributed by atoms with Gasteiger partial charge in [0.05, 0.1) is 6.54 Å². The molecule has 2 N–H and O–H groups in total. The molecule has 3 aromatic rings. The molecule has 1 aromatic heterocycles. The molecule has 0 fully saturated rings. The molecule has 0 atom stereocenters. The SMILES string of the molecule is CNC(=O)c1ccc2cnc(Nc3cccc4c3CN(C(=O)OC(C)(C)C)C4)cc2c1. The van der Waals surface area contributed by atoms with E-state index in [0.717, 1.165) is 27.6 Å². The van der Waals surface area contributed by atoms with Crippen molar-refractivity contribution in [2.45, 2.75) is 39.5 Å². The average Bonchev–Trinajstić information content (AvgIpc) is 3.17. The van der Waals surface area contributed by atoms with Crippen LogP contribution in [0.15, 0.2) is 48.7 Å². The Balaban J connectivity index is 1.58. The van der Waals surface area contributed by atoms with Crippen molar-refractivity contribution in [3.8, 4) is 0 Å². The smallest absolute Gasteiger partial charge is 0.410 e. The Kier molecular flexibility index (Phi) is 5.27. The lowest BCUT2D eigenvalue weighted by Crippen LogP contribution is -2.33. The number of nitrogens with zero attached hydrogens (tertiary/aromatic N) is 2. The normalized spacial score (nSPS) is 13.1. The number of benzene rings is 2. The number of hydrogen-bond donors (Lipinski definition) is 2. The lowest BCUT2D eigenvalue weighted by Gasteiger charge is -2.24. The Bertz CT molecular complexity index is 1170. The Morgan fingerprint density at radius 2 is 1.87 bits per heavy atom. The zero-order valence-corrected chi connectivity index (χ0v) is 18.2. The number of amides is 2. The van der Waals surface area contributed by atoms with Crippen LogP contribution in [0.3, 0.4) is 0 Å². The Morgan fingerprint density at radius 3 is 2.61 bits per heavy atom.